The molecule has 4 amide bonds. The summed E-state index contributed by atoms with van der Waals surface area (Å²) in [5, 5.41) is 9.40. The molecule has 3 N–H and O–H groups in total. The Hall–Kier alpha value is -2.50. The average molecular weight is 464 g/mol. The number of amides is 4. The molecule has 32 heavy (non-hydrogen) atoms. The summed E-state index contributed by atoms with van der Waals surface area (Å²) in [4.78, 5) is 40.7. The van der Waals surface area contributed by atoms with E-state index in [1.165, 1.54) is 18.8 Å². The van der Waals surface area contributed by atoms with Crippen LogP contribution in [0.15, 0.2) is 18.2 Å². The number of nitrogens with zero attached hydrogens (tertiary/aromatic N) is 2. The summed E-state index contributed by atoms with van der Waals surface area (Å²) in [6.07, 6.45) is 1.32. The van der Waals surface area contributed by atoms with Crippen LogP contribution in [-0.4, -0.2) is 78.4 Å². The fraction of sp³-hybridized carbons (Fsp3) is 0.571. The van der Waals surface area contributed by atoms with Gasteiger partial charge in [0, 0.05) is 25.8 Å². The second-order valence-corrected chi connectivity index (χ2v) is 9.20. The summed E-state index contributed by atoms with van der Waals surface area (Å²) in [6, 6.07) is 4.95. The van der Waals surface area contributed by atoms with Gasteiger partial charge in [0.2, 0.25) is 11.8 Å². The van der Waals surface area contributed by atoms with E-state index in [-0.39, 0.29) is 35.1 Å². The SMILES string of the molecule is CCCC1NC(SCC(=O)Nc2ccc3c(c2)OCCO3)C2C(=O)N(C)C(=O)N(C)C2N1. The molecule has 0 saturated carbocycles. The van der Waals surface area contributed by atoms with E-state index in [0.717, 1.165) is 17.7 Å². The summed E-state index contributed by atoms with van der Waals surface area (Å²) in [5.41, 5.74) is 0.624. The minimum atomic E-state index is -0.497. The molecular formula is C21H29N5O5S. The minimum Gasteiger partial charge on any atom is -0.486 e. The molecule has 1 aromatic rings. The predicted octanol–water partition coefficient (Wildman–Crippen LogP) is 1.24. The molecule has 3 aliphatic heterocycles. The van der Waals surface area contributed by atoms with Crippen LogP contribution in [0.1, 0.15) is 19.8 Å². The maximum atomic E-state index is 12.9. The quantitative estimate of drug-likeness (QED) is 0.578. The molecule has 4 unspecified atom stereocenters. The van der Waals surface area contributed by atoms with E-state index >= 15 is 0 Å². The zero-order valence-electron chi connectivity index (χ0n) is 18.4. The van der Waals surface area contributed by atoms with E-state index in [2.05, 4.69) is 22.9 Å². The number of imide groups is 1. The van der Waals surface area contributed by atoms with Crippen LogP contribution in [0.5, 0.6) is 11.5 Å². The number of ether oxygens (including phenoxy) is 2. The lowest BCUT2D eigenvalue weighted by atomic mass is 9.96. The first-order valence-corrected chi connectivity index (χ1v) is 11.8. The highest BCUT2D eigenvalue weighted by Gasteiger charge is 2.50. The molecule has 0 spiro atoms. The summed E-state index contributed by atoms with van der Waals surface area (Å²) in [6.45, 7) is 3.06. The number of hydrogen-bond donors (Lipinski definition) is 3. The Kier molecular flexibility index (Phi) is 6.77. The normalized spacial score (nSPS) is 27.2. The molecule has 11 heteroatoms. The molecule has 10 nitrogen and oxygen atoms in total. The monoisotopic (exact) mass is 463 g/mol. The molecule has 0 bridgehead atoms. The van der Waals surface area contributed by atoms with Crippen molar-refractivity contribution in [1.29, 1.82) is 0 Å². The highest BCUT2D eigenvalue weighted by molar-refractivity contribution is 8.00. The molecule has 0 aromatic heterocycles. The largest absolute Gasteiger partial charge is 0.486 e. The first kappa shape index (κ1) is 22.7. The van der Waals surface area contributed by atoms with Gasteiger partial charge in [0.15, 0.2) is 11.5 Å². The molecule has 174 valence electrons. The van der Waals surface area contributed by atoms with Crippen molar-refractivity contribution < 1.29 is 23.9 Å². The van der Waals surface area contributed by atoms with Crippen LogP contribution in [0, 0.1) is 5.92 Å². The van der Waals surface area contributed by atoms with Gasteiger partial charge >= 0.3 is 6.03 Å². The zero-order valence-corrected chi connectivity index (χ0v) is 19.2. The number of benzene rings is 1. The van der Waals surface area contributed by atoms with Crippen molar-refractivity contribution in [3.8, 4) is 11.5 Å². The Morgan fingerprint density at radius 3 is 2.69 bits per heavy atom. The Morgan fingerprint density at radius 2 is 1.94 bits per heavy atom. The van der Waals surface area contributed by atoms with Gasteiger partial charge in [-0.2, -0.15) is 0 Å². The maximum absolute atomic E-state index is 12.9. The second kappa shape index (κ2) is 9.55. The molecule has 0 aliphatic carbocycles. The Balaban J connectivity index is 1.42. The van der Waals surface area contributed by atoms with E-state index < -0.39 is 12.1 Å². The van der Waals surface area contributed by atoms with Crippen LogP contribution >= 0.6 is 11.8 Å². The first-order valence-electron chi connectivity index (χ1n) is 10.8. The van der Waals surface area contributed by atoms with Gasteiger partial charge in [0.25, 0.3) is 0 Å². The molecule has 0 radical (unpaired) electrons. The van der Waals surface area contributed by atoms with Crippen LogP contribution < -0.4 is 25.4 Å². The zero-order chi connectivity index (χ0) is 22.8. The number of anilines is 1. The summed E-state index contributed by atoms with van der Waals surface area (Å²) in [5.74, 6) is 0.491. The van der Waals surface area contributed by atoms with Crippen molar-refractivity contribution in [1.82, 2.24) is 20.4 Å². The molecule has 4 rings (SSSR count). The fourth-order valence-corrected chi connectivity index (χ4v) is 5.34. The second-order valence-electron chi connectivity index (χ2n) is 8.07. The van der Waals surface area contributed by atoms with Crippen LogP contribution in [0.2, 0.25) is 0 Å². The van der Waals surface area contributed by atoms with Gasteiger partial charge in [-0.25, -0.2) is 4.79 Å². The maximum Gasteiger partial charge on any atom is 0.327 e. The number of carbonyl (C=O) groups excluding carboxylic acids is 3. The number of urea groups is 1. The summed E-state index contributed by atoms with van der Waals surface area (Å²) < 4.78 is 11.1. The van der Waals surface area contributed by atoms with E-state index in [1.807, 2.05) is 0 Å². The molecule has 1 aromatic carbocycles. The topological polar surface area (TPSA) is 112 Å². The van der Waals surface area contributed by atoms with E-state index in [1.54, 1.807) is 30.1 Å². The van der Waals surface area contributed by atoms with Crippen LogP contribution in [0.4, 0.5) is 10.5 Å². The number of rotatable bonds is 6. The van der Waals surface area contributed by atoms with Crippen LogP contribution in [0.25, 0.3) is 0 Å². The van der Waals surface area contributed by atoms with Gasteiger partial charge in [-0.3, -0.25) is 25.1 Å². The number of fused-ring (bicyclic) bond motifs is 2. The Morgan fingerprint density at radius 1 is 1.19 bits per heavy atom. The smallest absolute Gasteiger partial charge is 0.327 e. The van der Waals surface area contributed by atoms with Gasteiger partial charge in [0.1, 0.15) is 13.2 Å². The van der Waals surface area contributed by atoms with Crippen molar-refractivity contribution in [3.63, 3.8) is 0 Å². The fourth-order valence-electron chi connectivity index (χ4n) is 4.21. The third kappa shape index (κ3) is 4.50. The van der Waals surface area contributed by atoms with E-state index in [0.29, 0.717) is 30.4 Å². The summed E-state index contributed by atoms with van der Waals surface area (Å²) in [7, 11) is 3.19. The lowest BCUT2D eigenvalue weighted by molar-refractivity contribution is -0.140. The standard InChI is InChI=1S/C21H29N5O5S/c1-4-5-15-23-18-17(20(28)26(3)21(29)25(18)2)19(24-15)32-11-16(27)22-12-6-7-13-14(10-12)31-9-8-30-13/h6-7,10,15,17-19,23-24H,4-5,8-9,11H2,1-3H3,(H,22,27). The van der Waals surface area contributed by atoms with Crippen molar-refractivity contribution in [2.45, 2.75) is 37.5 Å². The van der Waals surface area contributed by atoms with E-state index in [9.17, 15) is 14.4 Å². The van der Waals surface area contributed by atoms with Crippen molar-refractivity contribution in [3.05, 3.63) is 18.2 Å². The van der Waals surface area contributed by atoms with Crippen molar-refractivity contribution in [2.24, 2.45) is 5.92 Å². The molecule has 4 atom stereocenters. The molecule has 2 fully saturated rings. The molecule has 3 aliphatic rings. The van der Waals surface area contributed by atoms with Crippen molar-refractivity contribution in [2.75, 3.05) is 38.4 Å². The molecule has 2 saturated heterocycles. The van der Waals surface area contributed by atoms with Gasteiger partial charge in [-0.15, -0.1) is 11.8 Å². The van der Waals surface area contributed by atoms with Gasteiger partial charge in [0.05, 0.1) is 29.4 Å². The van der Waals surface area contributed by atoms with Gasteiger partial charge in [-0.1, -0.05) is 13.3 Å². The highest BCUT2D eigenvalue weighted by Crippen LogP contribution is 2.34. The highest BCUT2D eigenvalue weighted by atomic mass is 32.2. The molecular weight excluding hydrogens is 434 g/mol. The summed E-state index contributed by atoms with van der Waals surface area (Å²) >= 11 is 1.37. The van der Waals surface area contributed by atoms with Crippen LogP contribution in [0.3, 0.4) is 0 Å². The minimum absolute atomic E-state index is 0.0499. The first-order chi connectivity index (χ1) is 15.4. The average Bonchev–Trinajstić information content (AvgIpc) is 2.79. The lowest BCUT2D eigenvalue weighted by Gasteiger charge is -2.50. The van der Waals surface area contributed by atoms with Crippen molar-refractivity contribution >= 4 is 35.3 Å². The number of thioether (sulfide) groups is 1. The third-order valence-electron chi connectivity index (χ3n) is 5.82. The lowest BCUT2D eigenvalue weighted by Crippen LogP contribution is -2.74. The Labute approximate surface area is 191 Å². The number of carbonyl (C=O) groups is 3. The predicted molar refractivity (Wildman–Crippen MR) is 120 cm³/mol. The number of hydrogen-bond acceptors (Lipinski definition) is 8. The van der Waals surface area contributed by atoms with Crippen LogP contribution in [-0.2, 0) is 9.59 Å². The molecule has 3 heterocycles. The third-order valence-corrected chi connectivity index (χ3v) is 7.04. The van der Waals surface area contributed by atoms with Gasteiger partial charge < -0.3 is 19.7 Å². The Bertz CT molecular complexity index is 899. The van der Waals surface area contributed by atoms with E-state index in [4.69, 9.17) is 9.47 Å². The number of nitrogens with one attached hydrogen (secondary N) is 3. The van der Waals surface area contributed by atoms with Gasteiger partial charge in [-0.05, 0) is 18.6 Å².